The highest BCUT2D eigenvalue weighted by molar-refractivity contribution is 8.17. The van der Waals surface area contributed by atoms with Gasteiger partial charge in [0.2, 0.25) is 23.1 Å². The fourth-order valence-corrected chi connectivity index (χ4v) is 15.6. The molecule has 1 amide bonds. The standard InChI is InChI=1S/C23H27N6O4PS.C15H17N5O2S2.C9H13NO2S.C8H11NO.C6H5ClN4S.C6H5N3OS.C4H5NO2S.C3H5N3.4CH4/c1-15(2)35(31,32)20-9-7-6-8-18(20)26-23-28-22(27-21-12-13-24-29(21)23)25-17-11-10-16(34(4,5)30)14-19(17)33-3;1-10(2)24(21,22)12-7-5-4-6-11(12)17-14-19-15(23-3)18-13-8-9-16-20(13)14;1-7(2)13(11,12)9-6-4-3-5-8(9)10;1-6-3-4-7(9)8(5-6)10-2;1-12-6-9-4-2-3-8-11(4)5(7)10-6;10-6-8-5(11)3-4-1-2-7-9(4)6;1-2-7-4(6)8-3-5;4-3-1-2-5-6-3;;;;/h6-15H,1-5H3,(H2,25,26,27,28);4-10H,1-3H3,(H,17,18,19);3-7H,10H2,1-2H3;3-5H,9H2,1-2H3;2-3H,1H3;1-2H,3H2,(H,8,10,11);2H2,1H3;1-2H,(H3,4,5,6);4*1H4. The van der Waals surface area contributed by atoms with Crippen molar-refractivity contribution in [3.63, 3.8) is 0 Å². The van der Waals surface area contributed by atoms with Crippen LogP contribution < -0.4 is 53.2 Å². The van der Waals surface area contributed by atoms with Crippen molar-refractivity contribution in [2.24, 2.45) is 0 Å². The Balaban J connectivity index is 0.000000387. The van der Waals surface area contributed by atoms with Gasteiger partial charge in [-0.3, -0.25) is 10.4 Å². The summed E-state index contributed by atoms with van der Waals surface area (Å²) in [6, 6.07) is 39.4. The van der Waals surface area contributed by atoms with Gasteiger partial charge >= 0.3 is 11.3 Å². The molecule has 9 heterocycles. The van der Waals surface area contributed by atoms with Crippen molar-refractivity contribution in [2.75, 3.05) is 79.8 Å². The van der Waals surface area contributed by atoms with Crippen LogP contribution in [-0.4, -0.2) is 183 Å². The molecule has 0 unspecified atom stereocenters. The SMILES string of the molecule is C.C.C.C.CC(C)S(=O)(=O)c1ccccc1N.CCOC(=O)SC#N.COc1cc(C)ccc1N.COc1cc(P(C)(C)=O)ccc1Nc1nc(Nc2ccccc2S(=O)(=O)C(C)C)n2nccc2n1.CSc1nc(Cl)n2nccc2n1.CSc1nc(Nc2ccccc2S(=O)(=O)C(C)C)n2nccc2n1.Nc1ccn[nH]1.O=C1NC(=S)Cc2ccnn21. The Bertz CT molecular complexity index is 6110. The number of carbonyl (C=O) groups excluding carboxylic acids is 2. The number of sulfone groups is 3. The van der Waals surface area contributed by atoms with E-state index in [1.807, 2.05) is 37.6 Å². The molecule has 8 aromatic heterocycles. The molecule has 0 atom stereocenters. The molecule has 0 bridgehead atoms. The summed E-state index contributed by atoms with van der Waals surface area (Å²) in [6.45, 7) is 17.3. The number of aromatic nitrogens is 16. The molecule has 0 saturated carbocycles. The number of nitrogens with two attached hydrogens (primary N) is 3. The van der Waals surface area contributed by atoms with Gasteiger partial charge in [-0.25, -0.2) is 44.8 Å². The third-order valence-electron chi connectivity index (χ3n) is 15.9. The molecule has 662 valence electrons. The van der Waals surface area contributed by atoms with Gasteiger partial charge in [0.15, 0.2) is 56.8 Å². The van der Waals surface area contributed by atoms with E-state index >= 15 is 0 Å². The monoisotopic (exact) mass is 1860 g/mol. The number of thiocarbonyl (C=S) groups is 1. The van der Waals surface area contributed by atoms with Gasteiger partial charge in [-0.15, -0.1) is 0 Å². The fourth-order valence-electron chi connectivity index (χ4n) is 9.72. The first-order chi connectivity index (χ1) is 56.4. The second-order valence-corrected chi connectivity index (χ2v) is 39.2. The fraction of sp³-hybridized carbons (Fsp3) is 0.295. The minimum Gasteiger partial charge on any atom is -0.495 e. The normalized spacial score (nSPS) is 11.2. The van der Waals surface area contributed by atoms with Gasteiger partial charge in [-0.1, -0.05) is 108 Å². The number of ether oxygens (including phenoxy) is 3. The Morgan fingerprint density at radius 3 is 1.56 bits per heavy atom. The van der Waals surface area contributed by atoms with Crippen LogP contribution in [0, 0.1) is 17.6 Å². The lowest BCUT2D eigenvalue weighted by Crippen LogP contribution is -2.40. The van der Waals surface area contributed by atoms with Crippen molar-refractivity contribution in [1.29, 1.82) is 5.26 Å². The molecule has 36 nitrogen and oxygen atoms in total. The van der Waals surface area contributed by atoms with E-state index in [2.05, 4.69) is 86.5 Å². The summed E-state index contributed by atoms with van der Waals surface area (Å²) in [4.78, 5) is 48.4. The minimum absolute atomic E-state index is 0. The molecular weight excluding hydrogens is 1760 g/mol. The van der Waals surface area contributed by atoms with Gasteiger partial charge in [-0.2, -0.15) is 68.9 Å². The Morgan fingerprint density at radius 1 is 0.602 bits per heavy atom. The Morgan fingerprint density at radius 2 is 1.09 bits per heavy atom. The predicted octanol–water partition coefficient (Wildman–Crippen LogP) is 15.6. The van der Waals surface area contributed by atoms with Crippen molar-refractivity contribution in [2.45, 2.75) is 132 Å². The number of H-pyrrole nitrogens is 1. The molecule has 1 aliphatic heterocycles. The number of benzene rings is 5. The lowest BCUT2D eigenvalue weighted by molar-refractivity contribution is 0.181. The molecule has 0 saturated heterocycles. The molecule has 13 aromatic rings. The summed E-state index contributed by atoms with van der Waals surface area (Å²) in [5, 5.41) is 43.8. The van der Waals surface area contributed by atoms with E-state index in [9.17, 15) is 39.4 Å². The zero-order valence-electron chi connectivity index (χ0n) is 66.8. The predicted molar refractivity (Wildman–Crippen MR) is 498 cm³/mol. The number of rotatable bonds is 18. The number of hydrogen-bond donors (Lipinski definition) is 8. The Labute approximate surface area is 740 Å². The molecule has 0 fully saturated rings. The largest absolute Gasteiger partial charge is 0.495 e. The van der Waals surface area contributed by atoms with Crippen molar-refractivity contribution in [3.8, 4) is 16.9 Å². The number of carbonyl (C=O) groups is 2. The first-order valence-corrected chi connectivity index (χ1v) is 46.6. The number of thiocyanates is 1. The number of methoxy groups -OCH3 is 2. The number of nitrogens with zero attached hydrogens (tertiary/aromatic N) is 16. The number of fused-ring (bicyclic) bond motifs is 4. The zero-order chi connectivity index (χ0) is 87.5. The molecule has 0 spiro atoms. The number of thioether (sulfide) groups is 3. The minimum atomic E-state index is -3.54. The van der Waals surface area contributed by atoms with E-state index in [0.717, 1.165) is 22.7 Å². The van der Waals surface area contributed by atoms with Gasteiger partial charge in [-0.05, 0) is 177 Å². The second kappa shape index (κ2) is 49.0. The molecule has 11 N–H and O–H groups in total. The summed E-state index contributed by atoms with van der Waals surface area (Å²) in [5.74, 6) is 2.78. The molecule has 14 rings (SSSR count). The number of nitrogen functional groups attached to an aromatic ring is 3. The van der Waals surface area contributed by atoms with E-state index < -0.39 is 57.7 Å². The van der Waals surface area contributed by atoms with Crippen molar-refractivity contribution in [3.05, 3.63) is 187 Å². The maximum Gasteiger partial charge on any atom is 0.382 e. The van der Waals surface area contributed by atoms with Crippen LogP contribution >= 0.6 is 66.2 Å². The lowest BCUT2D eigenvalue weighted by Gasteiger charge is -2.16. The number of hydrogen-bond acceptors (Lipinski definition) is 34. The van der Waals surface area contributed by atoms with Gasteiger partial charge < -0.3 is 51.9 Å². The van der Waals surface area contributed by atoms with Gasteiger partial charge in [0.1, 0.15) is 29.9 Å². The summed E-state index contributed by atoms with van der Waals surface area (Å²) < 4.78 is 107. The number of anilines is 9. The summed E-state index contributed by atoms with van der Waals surface area (Å²) in [5.41, 5.74) is 22.6. The highest BCUT2D eigenvalue weighted by Gasteiger charge is 2.27. The number of halogens is 1. The van der Waals surface area contributed by atoms with Crippen molar-refractivity contribution in [1.82, 2.24) is 84.0 Å². The van der Waals surface area contributed by atoms with Gasteiger partial charge in [0, 0.05) is 36.1 Å². The van der Waals surface area contributed by atoms with Crippen LogP contribution in [0.1, 0.15) is 89.4 Å². The van der Waals surface area contributed by atoms with E-state index in [4.69, 9.17) is 55.8 Å². The summed E-state index contributed by atoms with van der Waals surface area (Å²) >= 11 is 14.0. The maximum absolute atomic E-state index is 12.9. The number of nitriles is 1. The average Bonchev–Trinajstić information content (AvgIpc) is 1.77. The second-order valence-electron chi connectivity index (χ2n) is 25.5. The quantitative estimate of drug-likeness (QED) is 0.00987. The van der Waals surface area contributed by atoms with Gasteiger partial charge in [0.25, 0.3) is 0 Å². The number of nitrogens with one attached hydrogen (secondary N) is 5. The molecule has 1 aliphatic rings. The highest BCUT2D eigenvalue weighted by atomic mass is 35.5. The summed E-state index contributed by atoms with van der Waals surface area (Å²) in [7, 11) is -9.52. The molecule has 5 aromatic carbocycles. The molecule has 45 heteroatoms. The number of para-hydroxylation sites is 3. The van der Waals surface area contributed by atoms with E-state index in [1.165, 1.54) is 50.4 Å². The van der Waals surface area contributed by atoms with Crippen LogP contribution in [-0.2, 0) is 45.2 Å². The topological polar surface area (TPSA) is 507 Å². The zero-order valence-corrected chi connectivity index (χ0v) is 74.1. The van der Waals surface area contributed by atoms with Crippen LogP contribution in [0.3, 0.4) is 0 Å². The number of amides is 1. The summed E-state index contributed by atoms with van der Waals surface area (Å²) in [6.07, 6.45) is 12.4. The van der Waals surface area contributed by atoms with Gasteiger partial charge in [0.05, 0.1) is 127 Å². The Hall–Kier alpha value is -11.5. The average molecular weight is 1860 g/mol. The van der Waals surface area contributed by atoms with Crippen LogP contribution in [0.4, 0.5) is 61.7 Å². The molecule has 123 heavy (non-hydrogen) atoms. The van der Waals surface area contributed by atoms with Crippen LogP contribution in [0.15, 0.2) is 196 Å². The molecule has 0 radical (unpaired) electrons. The third-order valence-corrected chi connectivity index (χ3v) is 26.0. The van der Waals surface area contributed by atoms with Crippen LogP contribution in [0.2, 0.25) is 5.28 Å². The maximum atomic E-state index is 12.9. The molecular formula is C78H104ClN24O12PS7. The van der Waals surface area contributed by atoms with E-state index in [0.29, 0.717) is 108 Å². The smallest absolute Gasteiger partial charge is 0.382 e. The van der Waals surface area contributed by atoms with Crippen molar-refractivity contribution < 1.29 is 53.6 Å². The lowest BCUT2D eigenvalue weighted by atomic mass is 10.2. The van der Waals surface area contributed by atoms with E-state index in [1.54, 1.807) is 225 Å². The first-order valence-electron chi connectivity index (χ1n) is 35.3. The molecule has 0 aliphatic carbocycles. The Kier molecular flexibility index (Phi) is 42.1. The highest BCUT2D eigenvalue weighted by Crippen LogP contribution is 2.39. The van der Waals surface area contributed by atoms with E-state index in [-0.39, 0.29) is 62.3 Å². The van der Waals surface area contributed by atoms with Crippen molar-refractivity contribution >= 4 is 186 Å². The van der Waals surface area contributed by atoms with Crippen LogP contribution in [0.25, 0.3) is 16.9 Å². The number of aromatic amines is 1. The van der Waals surface area contributed by atoms with Crippen LogP contribution in [0.5, 0.6) is 11.5 Å². The number of aryl methyl sites for hydroxylation is 1. The third kappa shape index (κ3) is 29.4. The first kappa shape index (κ1) is 106.